The van der Waals surface area contributed by atoms with Crippen LogP contribution in [0.3, 0.4) is 0 Å². The van der Waals surface area contributed by atoms with Crippen molar-refractivity contribution in [1.82, 2.24) is 5.32 Å². The number of carbonyl (C=O) groups is 1. The fraction of sp³-hybridized carbons (Fsp3) is 0.500. The Hall–Kier alpha value is -1.39. The normalized spacial score (nSPS) is 14.0. The zero-order chi connectivity index (χ0) is 13.5. The van der Waals surface area contributed by atoms with Crippen LogP contribution in [0.1, 0.15) is 36.2 Å². The highest BCUT2D eigenvalue weighted by Gasteiger charge is 2.13. The molecule has 0 spiro atoms. The van der Waals surface area contributed by atoms with Crippen molar-refractivity contribution in [3.63, 3.8) is 0 Å². The van der Waals surface area contributed by atoms with Crippen LogP contribution in [0.5, 0.6) is 0 Å². The van der Waals surface area contributed by atoms with E-state index in [2.05, 4.69) is 5.32 Å². The van der Waals surface area contributed by atoms with Gasteiger partial charge in [-0.2, -0.15) is 0 Å². The van der Waals surface area contributed by atoms with E-state index in [1.54, 1.807) is 12.1 Å². The highest BCUT2D eigenvalue weighted by atomic mass is 16.3. The lowest BCUT2D eigenvalue weighted by atomic mass is 10.0. The van der Waals surface area contributed by atoms with Crippen LogP contribution in [0.25, 0.3) is 0 Å². The van der Waals surface area contributed by atoms with Crippen LogP contribution in [0.15, 0.2) is 24.3 Å². The van der Waals surface area contributed by atoms with E-state index in [0.717, 1.165) is 12.0 Å². The van der Waals surface area contributed by atoms with Gasteiger partial charge in [0.2, 0.25) is 0 Å². The Bertz CT molecular complexity index is 376. The third-order valence-corrected chi connectivity index (χ3v) is 3.22. The minimum atomic E-state index is -0.498. The average molecular weight is 250 g/mol. The van der Waals surface area contributed by atoms with Gasteiger partial charge < -0.3 is 16.2 Å². The molecule has 4 nitrogen and oxygen atoms in total. The van der Waals surface area contributed by atoms with Crippen molar-refractivity contribution in [2.24, 2.45) is 11.7 Å². The SMILES string of the molecule is CCC(C)C(O)CNC(=O)c1ccc(CN)cc1. The lowest BCUT2D eigenvalue weighted by molar-refractivity contribution is 0.0850. The number of carbonyl (C=O) groups excluding carboxylic acids is 1. The maximum Gasteiger partial charge on any atom is 0.251 e. The molecule has 0 saturated carbocycles. The van der Waals surface area contributed by atoms with Crippen LogP contribution < -0.4 is 11.1 Å². The van der Waals surface area contributed by atoms with Crippen molar-refractivity contribution < 1.29 is 9.90 Å². The van der Waals surface area contributed by atoms with Gasteiger partial charge in [0.05, 0.1) is 6.10 Å². The second-order valence-electron chi connectivity index (χ2n) is 4.56. The smallest absolute Gasteiger partial charge is 0.251 e. The Morgan fingerprint density at radius 2 is 2.00 bits per heavy atom. The number of nitrogens with one attached hydrogen (secondary N) is 1. The average Bonchev–Trinajstić information content (AvgIpc) is 2.43. The van der Waals surface area contributed by atoms with Crippen LogP contribution >= 0.6 is 0 Å². The fourth-order valence-corrected chi connectivity index (χ4v) is 1.56. The number of aliphatic hydroxyl groups is 1. The molecule has 18 heavy (non-hydrogen) atoms. The Morgan fingerprint density at radius 3 is 2.50 bits per heavy atom. The number of hydrogen-bond donors (Lipinski definition) is 3. The topological polar surface area (TPSA) is 75.3 Å². The molecule has 4 heteroatoms. The molecule has 0 fully saturated rings. The first kappa shape index (κ1) is 14.7. The lowest BCUT2D eigenvalue weighted by Crippen LogP contribution is -2.35. The minimum absolute atomic E-state index is 0.166. The van der Waals surface area contributed by atoms with Crippen molar-refractivity contribution in [3.8, 4) is 0 Å². The molecule has 1 aromatic carbocycles. The number of amides is 1. The number of benzene rings is 1. The summed E-state index contributed by atoms with van der Waals surface area (Å²) in [6.45, 7) is 4.73. The number of aliphatic hydroxyl groups excluding tert-OH is 1. The predicted molar refractivity (Wildman–Crippen MR) is 72.1 cm³/mol. The predicted octanol–water partition coefficient (Wildman–Crippen LogP) is 1.28. The molecule has 0 aliphatic carbocycles. The van der Waals surface area contributed by atoms with Gasteiger partial charge in [0.25, 0.3) is 5.91 Å². The van der Waals surface area contributed by atoms with Gasteiger partial charge in [-0.05, 0) is 23.6 Å². The quantitative estimate of drug-likeness (QED) is 0.712. The maximum atomic E-state index is 11.8. The summed E-state index contributed by atoms with van der Waals surface area (Å²) in [6.07, 6.45) is 0.393. The molecular formula is C14H22N2O2. The molecule has 2 unspecified atom stereocenters. The number of hydrogen-bond acceptors (Lipinski definition) is 3. The number of nitrogens with two attached hydrogens (primary N) is 1. The van der Waals surface area contributed by atoms with Crippen molar-refractivity contribution in [1.29, 1.82) is 0 Å². The maximum absolute atomic E-state index is 11.8. The largest absolute Gasteiger partial charge is 0.391 e. The molecule has 0 aromatic heterocycles. The summed E-state index contributed by atoms with van der Waals surface area (Å²) in [4.78, 5) is 11.8. The fourth-order valence-electron chi connectivity index (χ4n) is 1.56. The van der Waals surface area contributed by atoms with Gasteiger partial charge in [-0.15, -0.1) is 0 Å². The highest BCUT2D eigenvalue weighted by molar-refractivity contribution is 5.94. The van der Waals surface area contributed by atoms with Gasteiger partial charge in [0, 0.05) is 18.7 Å². The highest BCUT2D eigenvalue weighted by Crippen LogP contribution is 2.07. The van der Waals surface area contributed by atoms with Gasteiger partial charge in [-0.3, -0.25) is 4.79 Å². The van der Waals surface area contributed by atoms with Crippen molar-refractivity contribution >= 4 is 5.91 Å². The lowest BCUT2D eigenvalue weighted by Gasteiger charge is -2.17. The van der Waals surface area contributed by atoms with Crippen molar-refractivity contribution in [2.45, 2.75) is 32.9 Å². The third kappa shape index (κ3) is 4.13. The first-order valence-electron chi connectivity index (χ1n) is 6.33. The Balaban J connectivity index is 2.49. The molecule has 0 aliphatic rings. The second-order valence-corrected chi connectivity index (χ2v) is 4.56. The summed E-state index contributed by atoms with van der Waals surface area (Å²) in [6, 6.07) is 7.15. The second kappa shape index (κ2) is 7.13. The molecule has 1 amide bonds. The monoisotopic (exact) mass is 250 g/mol. The zero-order valence-corrected chi connectivity index (χ0v) is 11.0. The molecule has 0 bridgehead atoms. The van der Waals surface area contributed by atoms with Crippen LogP contribution in [0.4, 0.5) is 0 Å². The third-order valence-electron chi connectivity index (χ3n) is 3.22. The molecule has 2 atom stereocenters. The molecule has 1 rings (SSSR count). The van der Waals surface area contributed by atoms with Crippen LogP contribution in [0.2, 0.25) is 0 Å². The van der Waals surface area contributed by atoms with Gasteiger partial charge in [0.1, 0.15) is 0 Å². The number of rotatable bonds is 6. The van der Waals surface area contributed by atoms with Gasteiger partial charge >= 0.3 is 0 Å². The Morgan fingerprint density at radius 1 is 1.39 bits per heavy atom. The molecule has 4 N–H and O–H groups in total. The molecule has 0 aliphatic heterocycles. The van der Waals surface area contributed by atoms with Crippen molar-refractivity contribution in [3.05, 3.63) is 35.4 Å². The van der Waals surface area contributed by atoms with E-state index < -0.39 is 6.10 Å². The van der Waals surface area contributed by atoms with Gasteiger partial charge in [0.15, 0.2) is 0 Å². The zero-order valence-electron chi connectivity index (χ0n) is 11.0. The molecule has 1 aromatic rings. The molecule has 0 saturated heterocycles. The molecular weight excluding hydrogens is 228 g/mol. The summed E-state index contributed by atoms with van der Waals surface area (Å²) in [5.74, 6) is 0.0193. The van der Waals surface area contributed by atoms with E-state index in [1.807, 2.05) is 26.0 Å². The summed E-state index contributed by atoms with van der Waals surface area (Å²) in [5, 5.41) is 12.5. The van der Waals surface area contributed by atoms with E-state index in [1.165, 1.54) is 0 Å². The molecule has 100 valence electrons. The summed E-state index contributed by atoms with van der Waals surface area (Å²) < 4.78 is 0. The van der Waals surface area contributed by atoms with Crippen LogP contribution in [-0.4, -0.2) is 23.7 Å². The van der Waals surface area contributed by atoms with E-state index in [4.69, 9.17) is 5.73 Å². The van der Waals surface area contributed by atoms with E-state index in [-0.39, 0.29) is 18.4 Å². The minimum Gasteiger partial charge on any atom is -0.391 e. The summed E-state index contributed by atoms with van der Waals surface area (Å²) >= 11 is 0. The Labute approximate surface area is 108 Å². The van der Waals surface area contributed by atoms with Gasteiger partial charge in [-0.1, -0.05) is 32.4 Å². The summed E-state index contributed by atoms with van der Waals surface area (Å²) in [5.41, 5.74) is 7.07. The standard InChI is InChI=1S/C14H22N2O2/c1-3-10(2)13(17)9-16-14(18)12-6-4-11(8-15)5-7-12/h4-7,10,13,17H,3,8-9,15H2,1-2H3,(H,16,18). The van der Waals surface area contributed by atoms with Crippen molar-refractivity contribution in [2.75, 3.05) is 6.54 Å². The van der Waals surface area contributed by atoms with E-state index in [0.29, 0.717) is 12.1 Å². The molecule has 0 heterocycles. The molecule has 0 radical (unpaired) electrons. The van der Waals surface area contributed by atoms with E-state index in [9.17, 15) is 9.90 Å². The first-order chi connectivity index (χ1) is 8.58. The van der Waals surface area contributed by atoms with Gasteiger partial charge in [-0.25, -0.2) is 0 Å². The first-order valence-corrected chi connectivity index (χ1v) is 6.33. The van der Waals surface area contributed by atoms with Crippen LogP contribution in [0, 0.1) is 5.92 Å². The summed E-state index contributed by atoms with van der Waals surface area (Å²) in [7, 11) is 0. The van der Waals surface area contributed by atoms with Crippen LogP contribution in [-0.2, 0) is 6.54 Å². The van der Waals surface area contributed by atoms with E-state index >= 15 is 0 Å². The Kier molecular flexibility index (Phi) is 5.82.